The zero-order chi connectivity index (χ0) is 29.4. The number of carbonyl (C=O) groups is 1. The molecule has 1 atom stereocenters. The number of likely N-dealkylation sites (N-methyl/N-ethyl adjacent to an activating group) is 1. The van der Waals surface area contributed by atoms with Gasteiger partial charge in [-0.15, -0.1) is 0 Å². The summed E-state index contributed by atoms with van der Waals surface area (Å²) < 4.78 is 2.27. The van der Waals surface area contributed by atoms with Crippen LogP contribution in [-0.4, -0.2) is 69.5 Å². The summed E-state index contributed by atoms with van der Waals surface area (Å²) in [5, 5.41) is 3.79. The Balaban J connectivity index is 1.07. The van der Waals surface area contributed by atoms with Crippen molar-refractivity contribution in [1.29, 1.82) is 0 Å². The molecule has 1 fully saturated rings. The number of rotatable bonds is 11. The van der Waals surface area contributed by atoms with E-state index in [1.54, 1.807) is 0 Å². The fourth-order valence-electron chi connectivity index (χ4n) is 6.15. The molecule has 1 amide bonds. The number of hydrogen-bond donors (Lipinski definition) is 1. The van der Waals surface area contributed by atoms with Gasteiger partial charge in [0.2, 0.25) is 5.95 Å². The number of nitrogens with zero attached hydrogens (tertiary/aromatic N) is 5. The molecular formula is C36H40N6O. The molecule has 3 heterocycles. The highest BCUT2D eigenvalue weighted by atomic mass is 16.2. The highest BCUT2D eigenvalue weighted by Gasteiger charge is 2.24. The molecule has 1 saturated heterocycles. The molecule has 7 nitrogen and oxygen atoms in total. The summed E-state index contributed by atoms with van der Waals surface area (Å²) in [6.07, 6.45) is 6.88. The summed E-state index contributed by atoms with van der Waals surface area (Å²) in [5.41, 5.74) is 5.33. The van der Waals surface area contributed by atoms with Crippen LogP contribution in [0.1, 0.15) is 46.7 Å². The average molecular weight is 573 g/mol. The molecule has 1 N–H and O–H groups in total. The van der Waals surface area contributed by atoms with Gasteiger partial charge >= 0.3 is 0 Å². The molecule has 6 rings (SSSR count). The Hall–Kier alpha value is -4.49. The average Bonchev–Trinajstić information content (AvgIpc) is 3.40. The van der Waals surface area contributed by atoms with Crippen LogP contribution >= 0.6 is 0 Å². The largest absolute Gasteiger partial charge is 0.353 e. The molecule has 2 aromatic heterocycles. The van der Waals surface area contributed by atoms with Crippen molar-refractivity contribution in [2.75, 3.05) is 38.5 Å². The van der Waals surface area contributed by atoms with Gasteiger partial charge in [-0.25, -0.2) is 4.98 Å². The predicted molar refractivity (Wildman–Crippen MR) is 173 cm³/mol. The fourth-order valence-corrected chi connectivity index (χ4v) is 6.15. The summed E-state index contributed by atoms with van der Waals surface area (Å²) in [6, 6.07) is 33.0. The molecule has 1 aliphatic heterocycles. The van der Waals surface area contributed by atoms with Gasteiger partial charge in [-0.05, 0) is 67.3 Å². The Morgan fingerprint density at radius 3 is 2.40 bits per heavy atom. The number of aromatic nitrogens is 3. The molecule has 3 aromatic carbocycles. The van der Waals surface area contributed by atoms with Crippen LogP contribution in [0.25, 0.3) is 11.0 Å². The number of para-hydroxylation sites is 2. The number of fused-ring (bicyclic) bond motifs is 1. The Labute approximate surface area is 254 Å². The van der Waals surface area contributed by atoms with Crippen LogP contribution in [0, 0.1) is 0 Å². The lowest BCUT2D eigenvalue weighted by Gasteiger charge is -2.34. The maximum absolute atomic E-state index is 13.1. The summed E-state index contributed by atoms with van der Waals surface area (Å²) in [4.78, 5) is 26.8. The van der Waals surface area contributed by atoms with Crippen LogP contribution < -0.4 is 5.32 Å². The van der Waals surface area contributed by atoms with Crippen LogP contribution in [0.3, 0.4) is 0 Å². The lowest BCUT2D eigenvalue weighted by molar-refractivity contribution is 0.0782. The summed E-state index contributed by atoms with van der Waals surface area (Å²) in [5.74, 6) is 1.28. The standard InChI is InChI=1S/C36H40N6O/c1-40(35(43)30-14-6-3-7-15-30)27-31(29-12-4-2-5-13-29)18-22-41-23-19-32(20-24-41)38-36-39-33-16-8-9-17-34(33)42(36)26-28-11-10-21-37-25-28/h2-17,21,25,31-32H,18-20,22-24,26-27H2,1H3,(H,38,39). The van der Waals surface area contributed by atoms with Gasteiger partial charge in [-0.1, -0.05) is 66.7 Å². The number of pyridine rings is 1. The van der Waals surface area contributed by atoms with Crippen molar-refractivity contribution in [3.63, 3.8) is 0 Å². The zero-order valence-corrected chi connectivity index (χ0v) is 24.8. The first-order chi connectivity index (χ1) is 21.1. The molecule has 1 unspecified atom stereocenters. The van der Waals surface area contributed by atoms with E-state index in [2.05, 4.69) is 74.4 Å². The Morgan fingerprint density at radius 2 is 1.65 bits per heavy atom. The van der Waals surface area contributed by atoms with E-state index in [1.807, 2.05) is 66.8 Å². The second kappa shape index (κ2) is 13.7. The van der Waals surface area contributed by atoms with Gasteiger partial charge in [-0.2, -0.15) is 0 Å². The Bertz CT molecular complexity index is 1600. The molecule has 0 spiro atoms. The van der Waals surface area contributed by atoms with E-state index in [-0.39, 0.29) is 11.8 Å². The predicted octanol–water partition coefficient (Wildman–Crippen LogP) is 6.30. The maximum atomic E-state index is 13.1. The number of amides is 1. The third kappa shape index (κ3) is 7.12. The highest BCUT2D eigenvalue weighted by molar-refractivity contribution is 5.94. The van der Waals surface area contributed by atoms with Gasteiger partial charge in [0.05, 0.1) is 17.6 Å². The lowest BCUT2D eigenvalue weighted by Crippen LogP contribution is -2.40. The van der Waals surface area contributed by atoms with E-state index < -0.39 is 0 Å². The van der Waals surface area contributed by atoms with E-state index in [4.69, 9.17) is 4.98 Å². The van der Waals surface area contributed by atoms with E-state index in [9.17, 15) is 4.79 Å². The monoisotopic (exact) mass is 572 g/mol. The van der Waals surface area contributed by atoms with Crippen molar-refractivity contribution < 1.29 is 4.79 Å². The van der Waals surface area contributed by atoms with Crippen molar-refractivity contribution in [1.82, 2.24) is 24.3 Å². The van der Waals surface area contributed by atoms with E-state index in [0.29, 0.717) is 12.6 Å². The smallest absolute Gasteiger partial charge is 0.253 e. The zero-order valence-electron chi connectivity index (χ0n) is 24.8. The van der Waals surface area contributed by atoms with Crippen molar-refractivity contribution in [2.24, 2.45) is 0 Å². The van der Waals surface area contributed by atoms with Gasteiger partial charge in [-0.3, -0.25) is 9.78 Å². The fraction of sp³-hybridized carbons (Fsp3) is 0.306. The SMILES string of the molecule is CN(CC(CCN1CCC(Nc2nc3ccccc3n2Cc2cccnc2)CC1)c1ccccc1)C(=O)c1ccccc1. The Morgan fingerprint density at radius 1 is 0.930 bits per heavy atom. The van der Waals surface area contributed by atoms with Crippen LogP contribution in [-0.2, 0) is 6.54 Å². The minimum Gasteiger partial charge on any atom is -0.353 e. The highest BCUT2D eigenvalue weighted by Crippen LogP contribution is 2.26. The third-order valence-corrected chi connectivity index (χ3v) is 8.57. The Kier molecular flexibility index (Phi) is 9.09. The van der Waals surface area contributed by atoms with Crippen molar-refractivity contribution in [2.45, 2.75) is 37.8 Å². The number of piperidine rings is 1. The van der Waals surface area contributed by atoms with Crippen LogP contribution in [0.2, 0.25) is 0 Å². The van der Waals surface area contributed by atoms with Gasteiger partial charge < -0.3 is 19.7 Å². The molecule has 0 saturated carbocycles. The van der Waals surface area contributed by atoms with Gasteiger partial charge in [0.1, 0.15) is 0 Å². The number of nitrogens with one attached hydrogen (secondary N) is 1. The number of benzene rings is 3. The van der Waals surface area contributed by atoms with Crippen LogP contribution in [0.15, 0.2) is 109 Å². The molecule has 1 aliphatic rings. The minimum absolute atomic E-state index is 0.0722. The van der Waals surface area contributed by atoms with Crippen molar-refractivity contribution in [3.8, 4) is 0 Å². The molecule has 0 radical (unpaired) electrons. The summed E-state index contributed by atoms with van der Waals surface area (Å²) in [6.45, 7) is 4.53. The van der Waals surface area contributed by atoms with Gasteiger partial charge in [0.15, 0.2) is 0 Å². The first-order valence-electron chi connectivity index (χ1n) is 15.3. The molecule has 220 valence electrons. The second-order valence-electron chi connectivity index (χ2n) is 11.6. The molecule has 43 heavy (non-hydrogen) atoms. The molecule has 0 aliphatic carbocycles. The summed E-state index contributed by atoms with van der Waals surface area (Å²) in [7, 11) is 1.92. The van der Waals surface area contributed by atoms with Gasteiger partial charge in [0.25, 0.3) is 5.91 Å². The number of likely N-dealkylation sites (tertiary alicyclic amines) is 1. The van der Waals surface area contributed by atoms with Crippen LogP contribution in [0.5, 0.6) is 0 Å². The lowest BCUT2D eigenvalue weighted by atomic mass is 9.94. The maximum Gasteiger partial charge on any atom is 0.253 e. The number of anilines is 1. The first-order valence-corrected chi connectivity index (χ1v) is 15.3. The number of hydrogen-bond acceptors (Lipinski definition) is 5. The second-order valence-corrected chi connectivity index (χ2v) is 11.6. The van der Waals surface area contributed by atoms with E-state index in [1.165, 1.54) is 5.56 Å². The number of imidazole rings is 1. The minimum atomic E-state index is 0.0722. The normalized spacial score (nSPS) is 14.9. The molecule has 7 heteroatoms. The van der Waals surface area contributed by atoms with Crippen LogP contribution in [0.4, 0.5) is 5.95 Å². The molecule has 0 bridgehead atoms. The topological polar surface area (TPSA) is 66.3 Å². The van der Waals surface area contributed by atoms with Gasteiger partial charge in [0, 0.05) is 56.6 Å². The molecule has 5 aromatic rings. The first kappa shape index (κ1) is 28.6. The van der Waals surface area contributed by atoms with Crippen molar-refractivity contribution in [3.05, 3.63) is 126 Å². The van der Waals surface area contributed by atoms with E-state index in [0.717, 1.165) is 73.6 Å². The van der Waals surface area contributed by atoms with E-state index >= 15 is 0 Å². The quantitative estimate of drug-likeness (QED) is 0.201. The van der Waals surface area contributed by atoms with Crippen molar-refractivity contribution >= 4 is 22.9 Å². The third-order valence-electron chi connectivity index (χ3n) is 8.57. The summed E-state index contributed by atoms with van der Waals surface area (Å²) >= 11 is 0. The molecular weight excluding hydrogens is 532 g/mol. The number of carbonyl (C=O) groups excluding carboxylic acids is 1.